The van der Waals surface area contributed by atoms with E-state index in [1.54, 1.807) is 17.0 Å². The minimum Gasteiger partial charge on any atom is -0.390 e. The Bertz CT molecular complexity index is 944. The van der Waals surface area contributed by atoms with E-state index in [2.05, 4.69) is 10.3 Å². The fraction of sp³-hybridized carbons (Fsp3) is 0.368. The van der Waals surface area contributed by atoms with Gasteiger partial charge in [-0.05, 0) is 37.1 Å². The molecule has 1 aliphatic rings. The molecule has 1 fully saturated rings. The lowest BCUT2D eigenvalue weighted by atomic mass is 9.95. The maximum atomic E-state index is 12.9. The Balaban J connectivity index is 1.67. The van der Waals surface area contributed by atoms with Crippen molar-refractivity contribution in [2.24, 2.45) is 5.92 Å². The van der Waals surface area contributed by atoms with E-state index in [4.69, 9.17) is 5.11 Å². The first-order valence-corrected chi connectivity index (χ1v) is 9.16. The van der Waals surface area contributed by atoms with E-state index < -0.39 is 22.4 Å². The van der Waals surface area contributed by atoms with Crippen molar-refractivity contribution >= 4 is 23.0 Å². The van der Waals surface area contributed by atoms with Gasteiger partial charge in [0.1, 0.15) is 5.69 Å². The average molecular weight is 424 g/mol. The van der Waals surface area contributed by atoms with Crippen molar-refractivity contribution in [3.63, 3.8) is 0 Å². The highest BCUT2D eigenvalue weighted by molar-refractivity contribution is 5.92. The van der Waals surface area contributed by atoms with Crippen LogP contribution in [0.2, 0.25) is 0 Å². The molecule has 11 heteroatoms. The van der Waals surface area contributed by atoms with Gasteiger partial charge >= 0.3 is 6.18 Å². The largest absolute Gasteiger partial charge is 0.416 e. The summed E-state index contributed by atoms with van der Waals surface area (Å²) in [6, 6.07) is 5.62. The number of carbonyl (C=O) groups is 1. The Labute approximate surface area is 169 Å². The second-order valence-corrected chi connectivity index (χ2v) is 6.90. The molecular formula is C19H19F3N4O4. The molecule has 2 aromatic rings. The van der Waals surface area contributed by atoms with Gasteiger partial charge in [-0.15, -0.1) is 0 Å². The molecule has 0 bridgehead atoms. The number of anilines is 2. The zero-order valence-electron chi connectivity index (χ0n) is 15.7. The number of rotatable bonds is 5. The molecule has 0 spiro atoms. The van der Waals surface area contributed by atoms with Crippen LogP contribution in [0.1, 0.15) is 24.1 Å². The summed E-state index contributed by atoms with van der Waals surface area (Å²) < 4.78 is 38.6. The number of alkyl halides is 3. The first kappa shape index (κ1) is 21.5. The summed E-state index contributed by atoms with van der Waals surface area (Å²) in [6.07, 6.45) is -2.42. The number of hydrogen-bond donors (Lipinski definition) is 2. The first-order chi connectivity index (χ1) is 14.2. The Hall–Kier alpha value is -3.21. The van der Waals surface area contributed by atoms with Gasteiger partial charge in [-0.3, -0.25) is 19.9 Å². The molecule has 0 aliphatic carbocycles. The number of piperidine rings is 1. The Morgan fingerprint density at radius 2 is 1.97 bits per heavy atom. The van der Waals surface area contributed by atoms with Gasteiger partial charge in [-0.1, -0.05) is 0 Å². The topological polar surface area (TPSA) is 109 Å². The van der Waals surface area contributed by atoms with Gasteiger partial charge in [-0.2, -0.15) is 13.2 Å². The summed E-state index contributed by atoms with van der Waals surface area (Å²) in [5.74, 6) is -0.577. The molecule has 1 saturated heterocycles. The number of carbonyl (C=O) groups excluding carboxylic acids is 1. The SMILES string of the molecule is O=C(Nc1ccnc(CO)c1)C1CCN(c2ccc(C(F)(F)F)cc2[N+](=O)[O-])CC1. The van der Waals surface area contributed by atoms with Crippen molar-refractivity contribution in [1.82, 2.24) is 4.98 Å². The van der Waals surface area contributed by atoms with Crippen LogP contribution < -0.4 is 10.2 Å². The summed E-state index contributed by atoms with van der Waals surface area (Å²) in [4.78, 5) is 28.5. The van der Waals surface area contributed by atoms with Gasteiger partial charge < -0.3 is 15.3 Å². The van der Waals surface area contributed by atoms with Crippen molar-refractivity contribution in [3.05, 3.63) is 57.9 Å². The van der Waals surface area contributed by atoms with Crippen molar-refractivity contribution in [2.75, 3.05) is 23.3 Å². The van der Waals surface area contributed by atoms with Crippen LogP contribution in [0.5, 0.6) is 0 Å². The molecule has 0 saturated carbocycles. The molecule has 160 valence electrons. The highest BCUT2D eigenvalue weighted by atomic mass is 19.4. The van der Waals surface area contributed by atoms with Gasteiger partial charge in [-0.25, -0.2) is 0 Å². The summed E-state index contributed by atoms with van der Waals surface area (Å²) in [6.45, 7) is 0.332. The molecule has 3 rings (SSSR count). The lowest BCUT2D eigenvalue weighted by molar-refractivity contribution is -0.384. The number of nitro groups is 1. The zero-order chi connectivity index (χ0) is 21.9. The monoisotopic (exact) mass is 424 g/mol. The minimum absolute atomic E-state index is 0.105. The van der Waals surface area contributed by atoms with E-state index in [0.717, 1.165) is 12.1 Å². The number of aromatic nitrogens is 1. The van der Waals surface area contributed by atoms with Crippen LogP contribution in [-0.4, -0.2) is 34.0 Å². The molecule has 1 aromatic carbocycles. The summed E-state index contributed by atoms with van der Waals surface area (Å²) in [7, 11) is 0. The molecule has 1 amide bonds. The predicted molar refractivity (Wildman–Crippen MR) is 102 cm³/mol. The maximum absolute atomic E-state index is 12.9. The highest BCUT2D eigenvalue weighted by Crippen LogP contribution is 2.37. The van der Waals surface area contributed by atoms with Crippen LogP contribution in [0.3, 0.4) is 0 Å². The number of aliphatic hydroxyl groups is 1. The molecule has 0 radical (unpaired) electrons. The van der Waals surface area contributed by atoms with Crippen LogP contribution in [-0.2, 0) is 17.6 Å². The van der Waals surface area contributed by atoms with E-state index in [1.165, 1.54) is 6.20 Å². The number of benzene rings is 1. The second-order valence-electron chi connectivity index (χ2n) is 6.90. The summed E-state index contributed by atoms with van der Waals surface area (Å²) in [5.41, 5.74) is -0.668. The molecule has 1 aromatic heterocycles. The molecule has 2 heterocycles. The second kappa shape index (κ2) is 8.66. The van der Waals surface area contributed by atoms with E-state index in [-0.39, 0.29) is 24.1 Å². The van der Waals surface area contributed by atoms with Crippen LogP contribution in [0.15, 0.2) is 36.5 Å². The Kier molecular flexibility index (Phi) is 6.20. The standard InChI is InChI=1S/C19H19F3N4O4/c20-19(21,22)13-1-2-16(17(9-13)26(29)30)25-7-4-12(5-8-25)18(28)24-14-3-6-23-15(10-14)11-27/h1-3,6,9-10,12,27H,4-5,7-8,11H2,(H,23,24,28). The fourth-order valence-corrected chi connectivity index (χ4v) is 3.38. The average Bonchev–Trinajstić information content (AvgIpc) is 2.73. The number of amides is 1. The van der Waals surface area contributed by atoms with E-state index in [9.17, 15) is 28.1 Å². The van der Waals surface area contributed by atoms with Crippen LogP contribution in [0, 0.1) is 16.0 Å². The minimum atomic E-state index is -4.67. The molecule has 1 aliphatic heterocycles. The third kappa shape index (κ3) is 4.85. The van der Waals surface area contributed by atoms with Gasteiger partial charge in [0.15, 0.2) is 0 Å². The molecule has 0 atom stereocenters. The van der Waals surface area contributed by atoms with E-state index in [0.29, 0.717) is 43.4 Å². The Morgan fingerprint density at radius 3 is 2.57 bits per heavy atom. The number of nitro benzene ring substituents is 1. The smallest absolute Gasteiger partial charge is 0.390 e. The number of nitrogens with zero attached hydrogens (tertiary/aromatic N) is 3. The fourth-order valence-electron chi connectivity index (χ4n) is 3.38. The Morgan fingerprint density at radius 1 is 1.27 bits per heavy atom. The van der Waals surface area contributed by atoms with Crippen LogP contribution in [0.25, 0.3) is 0 Å². The molecule has 0 unspecified atom stereocenters. The zero-order valence-corrected chi connectivity index (χ0v) is 15.7. The quantitative estimate of drug-likeness (QED) is 0.563. The van der Waals surface area contributed by atoms with E-state index >= 15 is 0 Å². The van der Waals surface area contributed by atoms with Crippen LogP contribution in [0.4, 0.5) is 30.2 Å². The lowest BCUT2D eigenvalue weighted by Crippen LogP contribution is -2.38. The summed E-state index contributed by atoms with van der Waals surface area (Å²) >= 11 is 0. The number of hydrogen-bond acceptors (Lipinski definition) is 6. The van der Waals surface area contributed by atoms with Crippen LogP contribution >= 0.6 is 0 Å². The van der Waals surface area contributed by atoms with E-state index in [1.807, 2.05) is 0 Å². The van der Waals surface area contributed by atoms with Gasteiger partial charge in [0.05, 0.1) is 22.8 Å². The van der Waals surface area contributed by atoms with Gasteiger partial charge in [0.25, 0.3) is 5.69 Å². The first-order valence-electron chi connectivity index (χ1n) is 9.16. The maximum Gasteiger partial charge on any atom is 0.416 e. The molecule has 2 N–H and O–H groups in total. The highest BCUT2D eigenvalue weighted by Gasteiger charge is 2.35. The number of pyridine rings is 1. The third-order valence-corrected chi connectivity index (χ3v) is 4.95. The van der Waals surface area contributed by atoms with Gasteiger partial charge in [0, 0.05) is 37.0 Å². The normalized spacial score (nSPS) is 15.1. The lowest BCUT2D eigenvalue weighted by Gasteiger charge is -2.32. The van der Waals surface area contributed by atoms with Crippen molar-refractivity contribution in [2.45, 2.75) is 25.6 Å². The molecular weight excluding hydrogens is 405 g/mol. The molecule has 30 heavy (non-hydrogen) atoms. The molecule has 8 nitrogen and oxygen atoms in total. The van der Waals surface area contributed by atoms with Gasteiger partial charge in [0.2, 0.25) is 5.91 Å². The number of halogens is 3. The van der Waals surface area contributed by atoms with Crippen molar-refractivity contribution in [1.29, 1.82) is 0 Å². The number of nitrogens with one attached hydrogen (secondary N) is 1. The number of aliphatic hydroxyl groups excluding tert-OH is 1. The van der Waals surface area contributed by atoms with Crippen molar-refractivity contribution in [3.8, 4) is 0 Å². The third-order valence-electron chi connectivity index (χ3n) is 4.95. The predicted octanol–water partition coefficient (Wildman–Crippen LogP) is 3.36. The summed E-state index contributed by atoms with van der Waals surface area (Å²) in [5, 5.41) is 23.2. The van der Waals surface area contributed by atoms with Crippen molar-refractivity contribution < 1.29 is 28.0 Å².